The second-order valence-corrected chi connectivity index (χ2v) is 13.0. The minimum atomic E-state index is -0.0569. The molecule has 0 aromatic heterocycles. The average molecular weight is 553 g/mol. The molecule has 0 heterocycles. The van der Waals surface area contributed by atoms with E-state index >= 15 is 0 Å². The molecule has 1 aliphatic carbocycles. The first-order chi connectivity index (χ1) is 21.0. The van der Waals surface area contributed by atoms with E-state index in [0.29, 0.717) is 5.92 Å². The largest absolute Gasteiger partial charge is 0.0616 e. The highest BCUT2D eigenvalue weighted by molar-refractivity contribution is 6.13. The Labute approximate surface area is 254 Å². The molecular weight excluding hydrogens is 516 g/mol. The van der Waals surface area contributed by atoms with Crippen LogP contribution in [0.25, 0.3) is 54.6 Å². The summed E-state index contributed by atoms with van der Waals surface area (Å²) in [7, 11) is 0. The van der Waals surface area contributed by atoms with Crippen LogP contribution in [0.4, 0.5) is 0 Å². The molecule has 208 valence electrons. The third kappa shape index (κ3) is 4.20. The standard InChI is InChI=1S/C43H36/c1-28(19-20-30-14-10-13-29-11-4-6-15-34(29)30)31-21-23-38-39-24-22-33(27-42(39)43(2,3)41(38)26-31)40-25-32-12-5-7-16-35(32)36-17-8-9-18-37(36)40/h4-18,21-28H,19-20H2,1-3H3. The first-order valence-corrected chi connectivity index (χ1v) is 15.7. The summed E-state index contributed by atoms with van der Waals surface area (Å²) in [5.74, 6) is 0.489. The van der Waals surface area contributed by atoms with Crippen molar-refractivity contribution in [2.24, 2.45) is 0 Å². The summed E-state index contributed by atoms with van der Waals surface area (Å²) >= 11 is 0. The van der Waals surface area contributed by atoms with Crippen LogP contribution in [0, 0.1) is 0 Å². The zero-order valence-corrected chi connectivity index (χ0v) is 25.2. The van der Waals surface area contributed by atoms with Crippen LogP contribution in [0.3, 0.4) is 0 Å². The monoisotopic (exact) mass is 552 g/mol. The van der Waals surface area contributed by atoms with Crippen molar-refractivity contribution < 1.29 is 0 Å². The van der Waals surface area contributed by atoms with Crippen LogP contribution in [-0.4, -0.2) is 0 Å². The highest BCUT2D eigenvalue weighted by Crippen LogP contribution is 2.51. The number of benzene rings is 7. The van der Waals surface area contributed by atoms with Crippen molar-refractivity contribution in [2.45, 2.75) is 44.9 Å². The van der Waals surface area contributed by atoms with Gasteiger partial charge in [-0.25, -0.2) is 0 Å². The molecule has 0 saturated heterocycles. The Hall–Kier alpha value is -4.68. The summed E-state index contributed by atoms with van der Waals surface area (Å²) in [6, 6.07) is 49.9. The Morgan fingerprint density at radius 2 is 1.14 bits per heavy atom. The molecule has 0 nitrogen and oxygen atoms in total. The molecule has 0 saturated carbocycles. The van der Waals surface area contributed by atoms with Crippen LogP contribution in [0.1, 0.15) is 55.4 Å². The molecule has 1 aliphatic rings. The van der Waals surface area contributed by atoms with Crippen molar-refractivity contribution in [2.75, 3.05) is 0 Å². The first-order valence-electron chi connectivity index (χ1n) is 15.7. The summed E-state index contributed by atoms with van der Waals surface area (Å²) in [6.45, 7) is 7.21. The molecule has 1 atom stereocenters. The second kappa shape index (κ2) is 9.96. The van der Waals surface area contributed by atoms with E-state index in [2.05, 4.69) is 154 Å². The highest BCUT2D eigenvalue weighted by Gasteiger charge is 2.36. The molecule has 8 rings (SSSR count). The van der Waals surface area contributed by atoms with Gasteiger partial charge in [0.15, 0.2) is 0 Å². The molecule has 43 heavy (non-hydrogen) atoms. The second-order valence-electron chi connectivity index (χ2n) is 13.0. The molecular formula is C43H36. The normalized spacial score (nSPS) is 14.2. The molecule has 0 heteroatoms. The van der Waals surface area contributed by atoms with Crippen molar-refractivity contribution in [3.63, 3.8) is 0 Å². The van der Waals surface area contributed by atoms with E-state index in [4.69, 9.17) is 0 Å². The summed E-state index contributed by atoms with van der Waals surface area (Å²) in [5.41, 5.74) is 11.1. The molecule has 7 aromatic rings. The van der Waals surface area contributed by atoms with Gasteiger partial charge in [0, 0.05) is 5.41 Å². The van der Waals surface area contributed by atoms with Crippen molar-refractivity contribution in [1.82, 2.24) is 0 Å². The van der Waals surface area contributed by atoms with Gasteiger partial charge in [-0.05, 0) is 108 Å². The zero-order chi connectivity index (χ0) is 29.1. The van der Waals surface area contributed by atoms with Crippen molar-refractivity contribution >= 4 is 32.3 Å². The van der Waals surface area contributed by atoms with Gasteiger partial charge < -0.3 is 0 Å². The summed E-state index contributed by atoms with van der Waals surface area (Å²) in [4.78, 5) is 0. The Kier molecular flexibility index (Phi) is 6.02. The molecule has 0 spiro atoms. The molecule has 0 aliphatic heterocycles. The number of fused-ring (bicyclic) bond motifs is 7. The van der Waals surface area contributed by atoms with Gasteiger partial charge >= 0.3 is 0 Å². The van der Waals surface area contributed by atoms with E-state index in [1.54, 1.807) is 0 Å². The Bertz CT molecular complexity index is 2170. The van der Waals surface area contributed by atoms with Gasteiger partial charge in [-0.2, -0.15) is 0 Å². The van der Waals surface area contributed by atoms with E-state index in [0.717, 1.165) is 12.8 Å². The quantitative estimate of drug-likeness (QED) is 0.186. The van der Waals surface area contributed by atoms with Crippen LogP contribution in [-0.2, 0) is 11.8 Å². The molecule has 0 amide bonds. The smallest absolute Gasteiger partial charge is 0.0159 e. The van der Waals surface area contributed by atoms with Crippen molar-refractivity contribution in [3.8, 4) is 22.3 Å². The molecule has 7 aromatic carbocycles. The first kappa shape index (κ1) is 26.0. The summed E-state index contributed by atoms with van der Waals surface area (Å²) < 4.78 is 0. The Morgan fingerprint density at radius 1 is 0.512 bits per heavy atom. The van der Waals surface area contributed by atoms with E-state index in [1.165, 1.54) is 76.8 Å². The highest BCUT2D eigenvalue weighted by atomic mass is 14.4. The van der Waals surface area contributed by atoms with E-state index in [9.17, 15) is 0 Å². The Balaban J connectivity index is 1.14. The van der Waals surface area contributed by atoms with Crippen LogP contribution in [0.5, 0.6) is 0 Å². The van der Waals surface area contributed by atoms with Crippen LogP contribution in [0.15, 0.2) is 133 Å². The maximum atomic E-state index is 2.51. The fraction of sp³-hybridized carbons (Fsp3) is 0.163. The maximum Gasteiger partial charge on any atom is 0.0159 e. The van der Waals surface area contributed by atoms with Crippen LogP contribution in [0.2, 0.25) is 0 Å². The predicted molar refractivity (Wildman–Crippen MR) is 185 cm³/mol. The number of aryl methyl sites for hydroxylation is 1. The van der Waals surface area contributed by atoms with Gasteiger partial charge in [0.25, 0.3) is 0 Å². The molecule has 0 fully saturated rings. The Morgan fingerprint density at radius 3 is 1.95 bits per heavy atom. The summed E-state index contributed by atoms with van der Waals surface area (Å²) in [5, 5.41) is 7.97. The van der Waals surface area contributed by atoms with Gasteiger partial charge in [0.05, 0.1) is 0 Å². The molecule has 0 N–H and O–H groups in total. The van der Waals surface area contributed by atoms with Crippen LogP contribution < -0.4 is 0 Å². The third-order valence-corrected chi connectivity index (χ3v) is 10.1. The molecule has 0 radical (unpaired) electrons. The van der Waals surface area contributed by atoms with Gasteiger partial charge in [0.1, 0.15) is 0 Å². The number of rotatable bonds is 5. The lowest BCUT2D eigenvalue weighted by atomic mass is 9.80. The number of hydrogen-bond acceptors (Lipinski definition) is 0. The topological polar surface area (TPSA) is 0 Å². The minimum Gasteiger partial charge on any atom is -0.0616 e. The minimum absolute atomic E-state index is 0.0569. The SMILES string of the molecule is CC(CCc1cccc2ccccc12)c1ccc2c(c1)C(C)(C)c1cc(-c3cc4ccccc4c4ccccc34)ccc1-2. The molecule has 1 unspecified atom stereocenters. The van der Waals surface area contributed by atoms with Gasteiger partial charge in [0.2, 0.25) is 0 Å². The average Bonchev–Trinajstić information content (AvgIpc) is 3.28. The van der Waals surface area contributed by atoms with E-state index in [-0.39, 0.29) is 5.41 Å². The van der Waals surface area contributed by atoms with Gasteiger partial charge in [-0.1, -0.05) is 142 Å². The van der Waals surface area contributed by atoms with Gasteiger partial charge in [-0.3, -0.25) is 0 Å². The molecule has 0 bridgehead atoms. The fourth-order valence-electron chi connectivity index (χ4n) is 7.57. The van der Waals surface area contributed by atoms with Crippen LogP contribution >= 0.6 is 0 Å². The van der Waals surface area contributed by atoms with Crippen molar-refractivity contribution in [1.29, 1.82) is 0 Å². The lowest BCUT2D eigenvalue weighted by molar-refractivity contribution is 0.649. The van der Waals surface area contributed by atoms with Gasteiger partial charge in [-0.15, -0.1) is 0 Å². The summed E-state index contributed by atoms with van der Waals surface area (Å²) in [6.07, 6.45) is 2.23. The number of hydrogen-bond donors (Lipinski definition) is 0. The predicted octanol–water partition coefficient (Wildman–Crippen LogP) is 11.9. The maximum absolute atomic E-state index is 2.51. The van der Waals surface area contributed by atoms with Crippen molar-refractivity contribution in [3.05, 3.63) is 156 Å². The van der Waals surface area contributed by atoms with E-state index in [1.807, 2.05) is 0 Å². The lowest BCUT2D eigenvalue weighted by Crippen LogP contribution is -2.15. The van der Waals surface area contributed by atoms with E-state index < -0.39 is 0 Å². The third-order valence-electron chi connectivity index (χ3n) is 10.1. The lowest BCUT2D eigenvalue weighted by Gasteiger charge is -2.24. The zero-order valence-electron chi connectivity index (χ0n) is 25.2. The fourth-order valence-corrected chi connectivity index (χ4v) is 7.57.